The van der Waals surface area contributed by atoms with E-state index in [4.69, 9.17) is 9.84 Å². The molecule has 22 heavy (non-hydrogen) atoms. The molecule has 0 radical (unpaired) electrons. The maximum Gasteiger partial charge on any atom is 0.119 e. The Morgan fingerprint density at radius 3 is 2.45 bits per heavy atom. The van der Waals surface area contributed by atoms with E-state index in [2.05, 4.69) is 11.5 Å². The van der Waals surface area contributed by atoms with Gasteiger partial charge in [0.15, 0.2) is 0 Å². The Morgan fingerprint density at radius 2 is 1.95 bits per heavy atom. The average Bonchev–Trinajstić information content (AvgIpc) is 2.51. The van der Waals surface area contributed by atoms with Crippen molar-refractivity contribution >= 4 is 5.69 Å². The smallest absolute Gasteiger partial charge is 0.119 e. The molecule has 1 aromatic rings. The first-order valence-corrected chi connectivity index (χ1v) is 7.81. The minimum Gasteiger partial charge on any atom is -0.497 e. The molecule has 0 aromatic heterocycles. The van der Waals surface area contributed by atoms with E-state index in [1.54, 1.807) is 13.2 Å². The molecule has 0 fully saturated rings. The second-order valence-electron chi connectivity index (χ2n) is 5.85. The SMILES string of the molecule is C=CC[C@](C)(O)[C@@H](C)N(CCCCO)c1ccc(OC)cc1. The Balaban J connectivity index is 2.97. The van der Waals surface area contributed by atoms with Gasteiger partial charge in [-0.25, -0.2) is 0 Å². The zero-order valence-corrected chi connectivity index (χ0v) is 14.0. The highest BCUT2D eigenvalue weighted by Gasteiger charge is 2.31. The fourth-order valence-electron chi connectivity index (χ4n) is 2.51. The summed E-state index contributed by atoms with van der Waals surface area (Å²) in [4.78, 5) is 2.18. The van der Waals surface area contributed by atoms with Crippen LogP contribution in [0.2, 0.25) is 0 Å². The number of unbranched alkanes of at least 4 members (excludes halogenated alkanes) is 1. The number of hydrogen-bond donors (Lipinski definition) is 2. The number of rotatable bonds is 10. The Kier molecular flexibility index (Phi) is 7.42. The van der Waals surface area contributed by atoms with E-state index in [0.29, 0.717) is 6.42 Å². The van der Waals surface area contributed by atoms with Crippen LogP contribution in [0.4, 0.5) is 5.69 Å². The van der Waals surface area contributed by atoms with Gasteiger partial charge < -0.3 is 19.8 Å². The van der Waals surface area contributed by atoms with Gasteiger partial charge in [0.1, 0.15) is 5.75 Å². The van der Waals surface area contributed by atoms with Gasteiger partial charge in [0.25, 0.3) is 0 Å². The van der Waals surface area contributed by atoms with E-state index in [0.717, 1.165) is 30.8 Å². The first-order chi connectivity index (χ1) is 10.5. The Morgan fingerprint density at radius 1 is 1.32 bits per heavy atom. The molecule has 1 rings (SSSR count). The van der Waals surface area contributed by atoms with Crippen LogP contribution in [0.25, 0.3) is 0 Å². The largest absolute Gasteiger partial charge is 0.497 e. The fourth-order valence-corrected chi connectivity index (χ4v) is 2.51. The van der Waals surface area contributed by atoms with Crippen LogP contribution in [0.3, 0.4) is 0 Å². The van der Waals surface area contributed by atoms with E-state index in [-0.39, 0.29) is 12.6 Å². The average molecular weight is 307 g/mol. The second kappa shape index (κ2) is 8.81. The van der Waals surface area contributed by atoms with Crippen molar-refractivity contribution in [2.24, 2.45) is 0 Å². The molecule has 0 unspecified atom stereocenters. The topological polar surface area (TPSA) is 52.9 Å². The number of methoxy groups -OCH3 is 1. The number of anilines is 1. The third-order valence-electron chi connectivity index (χ3n) is 4.14. The molecule has 4 nitrogen and oxygen atoms in total. The monoisotopic (exact) mass is 307 g/mol. The molecule has 2 N–H and O–H groups in total. The molecule has 2 atom stereocenters. The van der Waals surface area contributed by atoms with Gasteiger partial charge in [0.05, 0.1) is 18.8 Å². The summed E-state index contributed by atoms with van der Waals surface area (Å²) in [6.07, 6.45) is 3.90. The summed E-state index contributed by atoms with van der Waals surface area (Å²) in [6, 6.07) is 7.76. The molecule has 0 aliphatic rings. The summed E-state index contributed by atoms with van der Waals surface area (Å²) >= 11 is 0. The van der Waals surface area contributed by atoms with Gasteiger partial charge in [-0.15, -0.1) is 6.58 Å². The third-order valence-corrected chi connectivity index (χ3v) is 4.14. The molecule has 0 heterocycles. The minimum atomic E-state index is -0.860. The lowest BCUT2D eigenvalue weighted by atomic mass is 9.92. The van der Waals surface area contributed by atoms with E-state index in [1.807, 2.05) is 38.1 Å². The Bertz CT molecular complexity index is 442. The minimum absolute atomic E-state index is 0.0717. The second-order valence-corrected chi connectivity index (χ2v) is 5.85. The predicted molar refractivity (Wildman–Crippen MR) is 91.6 cm³/mol. The highest BCUT2D eigenvalue weighted by atomic mass is 16.5. The van der Waals surface area contributed by atoms with Crippen LogP contribution in [0.5, 0.6) is 5.75 Å². The molecule has 0 bridgehead atoms. The first-order valence-electron chi connectivity index (χ1n) is 7.81. The van der Waals surface area contributed by atoms with Crippen LogP contribution in [-0.2, 0) is 0 Å². The van der Waals surface area contributed by atoms with Crippen LogP contribution >= 0.6 is 0 Å². The van der Waals surface area contributed by atoms with Crippen molar-refractivity contribution < 1.29 is 14.9 Å². The molecule has 0 amide bonds. The van der Waals surface area contributed by atoms with Crippen LogP contribution < -0.4 is 9.64 Å². The lowest BCUT2D eigenvalue weighted by molar-refractivity contribution is 0.0383. The van der Waals surface area contributed by atoms with Gasteiger partial charge in [-0.05, 0) is 57.4 Å². The zero-order chi connectivity index (χ0) is 16.6. The van der Waals surface area contributed by atoms with Gasteiger partial charge in [0, 0.05) is 18.8 Å². The van der Waals surface area contributed by atoms with Crippen molar-refractivity contribution in [3.63, 3.8) is 0 Å². The van der Waals surface area contributed by atoms with E-state index < -0.39 is 5.60 Å². The molecule has 1 aromatic carbocycles. The van der Waals surface area contributed by atoms with E-state index >= 15 is 0 Å². The summed E-state index contributed by atoms with van der Waals surface area (Å²) in [7, 11) is 1.64. The van der Waals surface area contributed by atoms with Crippen LogP contribution in [0.15, 0.2) is 36.9 Å². The molecule has 0 saturated heterocycles. The fraction of sp³-hybridized carbons (Fsp3) is 0.556. The third kappa shape index (κ3) is 5.04. The first kappa shape index (κ1) is 18.5. The normalized spacial score (nSPS) is 15.0. The highest BCUT2D eigenvalue weighted by Crippen LogP contribution is 2.27. The van der Waals surface area contributed by atoms with Crippen LogP contribution in [0.1, 0.15) is 33.1 Å². The predicted octanol–water partition coefficient (Wildman–Crippen LogP) is 2.99. The van der Waals surface area contributed by atoms with Gasteiger partial charge in [-0.1, -0.05) is 6.08 Å². The molecule has 4 heteroatoms. The standard InChI is InChI=1S/C18H29NO3/c1-5-12-18(3,21)15(2)19(13-6-7-14-20)16-8-10-17(22-4)11-9-16/h5,8-11,15,20-21H,1,6-7,12-14H2,2-4H3/t15-,18+/m1/s1. The lowest BCUT2D eigenvalue weighted by Gasteiger charge is -2.40. The molecular weight excluding hydrogens is 278 g/mol. The summed E-state index contributed by atoms with van der Waals surface area (Å²) in [6.45, 7) is 8.55. The Labute approximate surface area is 134 Å². The van der Waals surface area contributed by atoms with Gasteiger partial charge in [-0.3, -0.25) is 0 Å². The zero-order valence-electron chi connectivity index (χ0n) is 14.0. The van der Waals surface area contributed by atoms with Crippen molar-refractivity contribution in [2.75, 3.05) is 25.2 Å². The molecule has 0 spiro atoms. The van der Waals surface area contributed by atoms with Gasteiger partial charge in [-0.2, -0.15) is 0 Å². The molecule has 0 saturated carbocycles. The molecule has 0 aliphatic carbocycles. The Hall–Kier alpha value is -1.52. The highest BCUT2D eigenvalue weighted by molar-refractivity contribution is 5.50. The summed E-state index contributed by atoms with van der Waals surface area (Å²) in [5, 5.41) is 19.7. The maximum atomic E-state index is 10.7. The van der Waals surface area contributed by atoms with Crippen molar-refractivity contribution in [1.82, 2.24) is 0 Å². The van der Waals surface area contributed by atoms with Crippen molar-refractivity contribution in [3.8, 4) is 5.75 Å². The molecule has 124 valence electrons. The molecule has 0 aliphatic heterocycles. The number of ether oxygens (including phenoxy) is 1. The van der Waals surface area contributed by atoms with Gasteiger partial charge >= 0.3 is 0 Å². The van der Waals surface area contributed by atoms with Gasteiger partial charge in [0.2, 0.25) is 0 Å². The molecular formula is C18H29NO3. The maximum absolute atomic E-state index is 10.7. The quantitative estimate of drug-likeness (QED) is 0.515. The lowest BCUT2D eigenvalue weighted by Crippen LogP contribution is -2.49. The van der Waals surface area contributed by atoms with Crippen LogP contribution in [0, 0.1) is 0 Å². The van der Waals surface area contributed by atoms with Crippen molar-refractivity contribution in [3.05, 3.63) is 36.9 Å². The van der Waals surface area contributed by atoms with Crippen molar-refractivity contribution in [2.45, 2.75) is 44.8 Å². The van der Waals surface area contributed by atoms with E-state index in [9.17, 15) is 5.11 Å². The number of benzene rings is 1. The summed E-state index contributed by atoms with van der Waals surface area (Å²) in [5.41, 5.74) is 0.177. The summed E-state index contributed by atoms with van der Waals surface area (Å²) < 4.78 is 5.20. The van der Waals surface area contributed by atoms with Crippen LogP contribution in [-0.4, -0.2) is 42.1 Å². The number of hydrogen-bond acceptors (Lipinski definition) is 4. The van der Waals surface area contributed by atoms with Crippen molar-refractivity contribution in [1.29, 1.82) is 0 Å². The summed E-state index contributed by atoms with van der Waals surface area (Å²) in [5.74, 6) is 0.810. The number of nitrogens with zero attached hydrogens (tertiary/aromatic N) is 1. The number of aliphatic hydroxyl groups excluding tert-OH is 1. The number of aliphatic hydroxyl groups is 2. The van der Waals surface area contributed by atoms with E-state index in [1.165, 1.54) is 0 Å².